The van der Waals surface area contributed by atoms with Crippen LogP contribution in [0.25, 0.3) is 0 Å². The van der Waals surface area contributed by atoms with Crippen molar-refractivity contribution in [2.75, 3.05) is 32.9 Å². The highest BCUT2D eigenvalue weighted by molar-refractivity contribution is 6.43. The summed E-state index contributed by atoms with van der Waals surface area (Å²) in [5, 5.41) is 0.604. The molecule has 1 unspecified atom stereocenters. The zero-order chi connectivity index (χ0) is 14.9. The van der Waals surface area contributed by atoms with E-state index in [-0.39, 0.29) is 11.9 Å². The molecule has 0 saturated carbocycles. The molecule has 0 radical (unpaired) electrons. The second-order valence-corrected chi connectivity index (χ2v) is 6.12. The Hall–Kier alpha value is -0.970. The number of benzene rings is 1. The topological polar surface area (TPSA) is 49.6 Å². The van der Waals surface area contributed by atoms with E-state index < -0.39 is 0 Å². The number of nitrogens with two attached hydrogens (primary N) is 1. The lowest BCUT2D eigenvalue weighted by molar-refractivity contribution is 0.0644. The van der Waals surface area contributed by atoms with Crippen LogP contribution in [0.5, 0.6) is 0 Å². The molecule has 0 spiro atoms. The van der Waals surface area contributed by atoms with Crippen LogP contribution in [0.2, 0.25) is 10.0 Å². The molecule has 4 nitrogen and oxygen atoms in total. The van der Waals surface area contributed by atoms with Gasteiger partial charge in [0.25, 0.3) is 5.91 Å². The van der Waals surface area contributed by atoms with E-state index in [1.54, 1.807) is 17.0 Å². The van der Waals surface area contributed by atoms with Crippen molar-refractivity contribution in [3.05, 3.63) is 27.7 Å². The van der Waals surface area contributed by atoms with Crippen LogP contribution in [0, 0.1) is 0 Å². The highest BCUT2D eigenvalue weighted by atomic mass is 35.5. The minimum Gasteiger partial charge on any atom is -0.397 e. The van der Waals surface area contributed by atoms with Crippen molar-refractivity contribution in [3.8, 4) is 0 Å². The number of carbonyl (C=O) groups excluding carboxylic acids is 1. The van der Waals surface area contributed by atoms with Gasteiger partial charge in [0.2, 0.25) is 0 Å². The molecular formula is C14H19Cl2N3O. The monoisotopic (exact) mass is 315 g/mol. The number of carbonyl (C=O) groups is 1. The third-order valence-corrected chi connectivity index (χ3v) is 4.59. The van der Waals surface area contributed by atoms with Crippen LogP contribution in [0.15, 0.2) is 12.1 Å². The Labute approximate surface area is 129 Å². The minimum atomic E-state index is -0.0735. The summed E-state index contributed by atoms with van der Waals surface area (Å²) in [5.74, 6) is -0.0735. The number of piperidine rings is 1. The van der Waals surface area contributed by atoms with Gasteiger partial charge in [-0.15, -0.1) is 0 Å². The first-order valence-corrected chi connectivity index (χ1v) is 7.36. The zero-order valence-corrected chi connectivity index (χ0v) is 13.2. The van der Waals surface area contributed by atoms with Crippen LogP contribution in [-0.4, -0.2) is 48.9 Å². The average Bonchev–Trinajstić information content (AvgIpc) is 2.42. The van der Waals surface area contributed by atoms with E-state index in [4.69, 9.17) is 28.9 Å². The maximum atomic E-state index is 12.5. The second kappa shape index (κ2) is 6.20. The van der Waals surface area contributed by atoms with Crippen LogP contribution in [0.1, 0.15) is 23.2 Å². The molecule has 1 aromatic rings. The first-order chi connectivity index (χ1) is 9.40. The van der Waals surface area contributed by atoms with Crippen molar-refractivity contribution in [3.63, 3.8) is 0 Å². The van der Waals surface area contributed by atoms with E-state index in [1.165, 1.54) is 0 Å². The van der Waals surface area contributed by atoms with Crippen molar-refractivity contribution in [2.45, 2.75) is 18.9 Å². The number of nitrogens with zero attached hydrogens (tertiary/aromatic N) is 2. The highest BCUT2D eigenvalue weighted by Crippen LogP contribution is 2.30. The Balaban J connectivity index is 2.18. The average molecular weight is 316 g/mol. The Morgan fingerprint density at radius 2 is 2.15 bits per heavy atom. The third-order valence-electron chi connectivity index (χ3n) is 3.77. The zero-order valence-electron chi connectivity index (χ0n) is 11.7. The molecule has 0 aromatic heterocycles. The molecular weight excluding hydrogens is 297 g/mol. The van der Waals surface area contributed by atoms with Crippen LogP contribution in [0.3, 0.4) is 0 Å². The number of amides is 1. The van der Waals surface area contributed by atoms with Crippen molar-refractivity contribution in [2.24, 2.45) is 0 Å². The van der Waals surface area contributed by atoms with Gasteiger partial charge in [0.15, 0.2) is 0 Å². The molecule has 2 N–H and O–H groups in total. The molecule has 1 heterocycles. The molecule has 1 amide bonds. The van der Waals surface area contributed by atoms with Gasteiger partial charge in [-0.2, -0.15) is 0 Å². The molecule has 110 valence electrons. The van der Waals surface area contributed by atoms with E-state index in [1.807, 2.05) is 7.05 Å². The normalized spacial score (nSPS) is 19.9. The summed E-state index contributed by atoms with van der Waals surface area (Å²) in [4.78, 5) is 16.5. The van der Waals surface area contributed by atoms with Crippen molar-refractivity contribution < 1.29 is 4.79 Å². The largest absolute Gasteiger partial charge is 0.397 e. The van der Waals surface area contributed by atoms with E-state index in [9.17, 15) is 4.79 Å². The predicted octanol–water partition coefficient (Wildman–Crippen LogP) is 2.74. The molecule has 1 fully saturated rings. The summed E-state index contributed by atoms with van der Waals surface area (Å²) in [6.45, 7) is 1.97. The van der Waals surface area contributed by atoms with Gasteiger partial charge in [-0.3, -0.25) is 4.79 Å². The smallest absolute Gasteiger partial charge is 0.254 e. The Kier molecular flexibility index (Phi) is 4.78. The van der Waals surface area contributed by atoms with Crippen LogP contribution in [0.4, 0.5) is 5.69 Å². The SMILES string of the molecule is CN1CCCC(N(C)C(=O)c2cc(N)c(Cl)c(Cl)c2)C1. The van der Waals surface area contributed by atoms with Gasteiger partial charge in [-0.25, -0.2) is 0 Å². The first kappa shape index (κ1) is 15.4. The van der Waals surface area contributed by atoms with E-state index in [2.05, 4.69) is 11.9 Å². The lowest BCUT2D eigenvalue weighted by atomic mass is 10.0. The van der Waals surface area contributed by atoms with Gasteiger partial charge in [0.05, 0.1) is 15.7 Å². The lowest BCUT2D eigenvalue weighted by Gasteiger charge is -2.36. The van der Waals surface area contributed by atoms with E-state index in [0.29, 0.717) is 21.3 Å². The van der Waals surface area contributed by atoms with Crippen LogP contribution < -0.4 is 5.73 Å². The molecule has 0 aliphatic carbocycles. The number of hydrogen-bond donors (Lipinski definition) is 1. The molecule has 1 aromatic carbocycles. The van der Waals surface area contributed by atoms with Crippen molar-refractivity contribution >= 4 is 34.8 Å². The molecule has 1 atom stereocenters. The number of likely N-dealkylation sites (tertiary alicyclic amines) is 1. The quantitative estimate of drug-likeness (QED) is 0.854. The summed E-state index contributed by atoms with van der Waals surface area (Å²) in [6.07, 6.45) is 2.12. The fraction of sp³-hybridized carbons (Fsp3) is 0.500. The van der Waals surface area contributed by atoms with Gasteiger partial charge in [-0.05, 0) is 38.6 Å². The number of halogens is 2. The molecule has 20 heavy (non-hydrogen) atoms. The second-order valence-electron chi connectivity index (χ2n) is 5.34. The fourth-order valence-corrected chi connectivity index (χ4v) is 2.89. The number of anilines is 1. The summed E-state index contributed by atoms with van der Waals surface area (Å²) < 4.78 is 0. The minimum absolute atomic E-state index is 0.0735. The van der Waals surface area contributed by atoms with Crippen LogP contribution in [-0.2, 0) is 0 Å². The van der Waals surface area contributed by atoms with Gasteiger partial charge in [0, 0.05) is 25.2 Å². The highest BCUT2D eigenvalue weighted by Gasteiger charge is 2.25. The van der Waals surface area contributed by atoms with E-state index in [0.717, 1.165) is 25.9 Å². The Morgan fingerprint density at radius 3 is 2.75 bits per heavy atom. The summed E-state index contributed by atoms with van der Waals surface area (Å²) >= 11 is 11.9. The van der Waals surface area contributed by atoms with Crippen molar-refractivity contribution in [1.82, 2.24) is 9.80 Å². The number of nitrogen functional groups attached to an aromatic ring is 1. The predicted molar refractivity (Wildman–Crippen MR) is 83.5 cm³/mol. The van der Waals surface area contributed by atoms with Crippen LogP contribution >= 0.6 is 23.2 Å². The van der Waals surface area contributed by atoms with Gasteiger partial charge in [0.1, 0.15) is 0 Å². The Morgan fingerprint density at radius 1 is 1.45 bits per heavy atom. The first-order valence-electron chi connectivity index (χ1n) is 6.60. The van der Waals surface area contributed by atoms with Crippen molar-refractivity contribution in [1.29, 1.82) is 0 Å². The fourth-order valence-electron chi connectivity index (χ4n) is 2.56. The number of rotatable bonds is 2. The molecule has 2 rings (SSSR count). The summed E-state index contributed by atoms with van der Waals surface area (Å²) in [7, 11) is 3.90. The molecule has 1 aliphatic rings. The number of likely N-dealkylation sites (N-methyl/N-ethyl adjacent to an activating group) is 2. The van der Waals surface area contributed by atoms with Gasteiger partial charge < -0.3 is 15.5 Å². The summed E-state index contributed by atoms with van der Waals surface area (Å²) in [6, 6.07) is 3.38. The molecule has 6 heteroatoms. The summed E-state index contributed by atoms with van der Waals surface area (Å²) in [5.41, 5.74) is 6.57. The maximum Gasteiger partial charge on any atom is 0.254 e. The van der Waals surface area contributed by atoms with Gasteiger partial charge in [-0.1, -0.05) is 23.2 Å². The lowest BCUT2D eigenvalue weighted by Crippen LogP contribution is -2.47. The third kappa shape index (κ3) is 3.19. The molecule has 0 bridgehead atoms. The Bertz CT molecular complexity index is 498. The van der Waals surface area contributed by atoms with Gasteiger partial charge >= 0.3 is 0 Å². The maximum absolute atomic E-state index is 12.5. The number of hydrogen-bond acceptors (Lipinski definition) is 3. The standard InChI is InChI=1S/C14H19Cl2N3O/c1-18-5-3-4-10(8-18)19(2)14(20)9-6-11(15)13(16)12(17)7-9/h6-7,10H,3-5,8,17H2,1-2H3. The molecule has 1 saturated heterocycles. The molecule has 1 aliphatic heterocycles. The van der Waals surface area contributed by atoms with E-state index >= 15 is 0 Å².